The lowest BCUT2D eigenvalue weighted by molar-refractivity contribution is -0.384. The molecule has 0 aromatic heterocycles. The second-order valence-electron chi connectivity index (χ2n) is 6.37. The average molecular weight is 357 g/mol. The lowest BCUT2D eigenvalue weighted by Crippen LogP contribution is -2.46. The zero-order valence-corrected chi connectivity index (χ0v) is 14.5. The van der Waals surface area contributed by atoms with E-state index in [2.05, 4.69) is 4.90 Å². The summed E-state index contributed by atoms with van der Waals surface area (Å²) in [4.78, 5) is 26.5. The second-order valence-corrected chi connectivity index (χ2v) is 6.37. The van der Waals surface area contributed by atoms with Gasteiger partial charge in [-0.25, -0.2) is 4.39 Å². The largest absolute Gasteiger partial charge is 0.363 e. The van der Waals surface area contributed by atoms with Crippen LogP contribution in [0.4, 0.5) is 15.8 Å². The fraction of sp³-hybridized carbons (Fsp3) is 0.316. The number of piperazine rings is 1. The number of nitrogens with zero attached hydrogens (tertiary/aromatic N) is 3. The maximum absolute atomic E-state index is 13.8. The molecule has 0 aliphatic carbocycles. The van der Waals surface area contributed by atoms with Crippen LogP contribution < -0.4 is 4.90 Å². The molecule has 6 nitrogen and oxygen atoms in total. The van der Waals surface area contributed by atoms with Gasteiger partial charge in [-0.15, -0.1) is 0 Å². The molecular weight excluding hydrogens is 337 g/mol. The first kappa shape index (κ1) is 18.0. The lowest BCUT2D eigenvalue weighted by atomic mass is 10.1. The number of nitro benzene ring substituents is 1. The number of rotatable bonds is 5. The predicted molar refractivity (Wildman–Crippen MR) is 97.0 cm³/mol. The number of benzene rings is 2. The van der Waals surface area contributed by atoms with Gasteiger partial charge in [0.25, 0.3) is 5.69 Å². The molecule has 136 valence electrons. The highest BCUT2D eigenvalue weighted by Crippen LogP contribution is 2.30. The molecule has 0 amide bonds. The molecule has 1 fully saturated rings. The van der Waals surface area contributed by atoms with E-state index in [-0.39, 0.29) is 17.3 Å². The predicted octanol–water partition coefficient (Wildman–Crippen LogP) is 3.26. The molecular formula is C19H20FN3O3. The maximum Gasteiger partial charge on any atom is 0.293 e. The Morgan fingerprint density at radius 1 is 1.15 bits per heavy atom. The summed E-state index contributed by atoms with van der Waals surface area (Å²) in [5, 5.41) is 11.4. The number of carbonyl (C=O) groups excluding carboxylic acids is 1. The average Bonchev–Trinajstić information content (AvgIpc) is 2.63. The number of ketones is 1. The summed E-state index contributed by atoms with van der Waals surface area (Å²) in [6.45, 7) is 4.48. The molecule has 0 radical (unpaired) electrons. The highest BCUT2D eigenvalue weighted by atomic mass is 19.1. The SMILES string of the molecule is CC(=O)c1ccc(N2CCN(Cc3ccccc3F)CC2)c([N+](=O)[O-])c1. The molecule has 0 saturated carbocycles. The van der Waals surface area contributed by atoms with Crippen molar-refractivity contribution in [3.8, 4) is 0 Å². The van der Waals surface area contributed by atoms with Gasteiger partial charge < -0.3 is 4.90 Å². The van der Waals surface area contributed by atoms with Gasteiger partial charge >= 0.3 is 0 Å². The Morgan fingerprint density at radius 3 is 2.46 bits per heavy atom. The monoisotopic (exact) mass is 357 g/mol. The fourth-order valence-electron chi connectivity index (χ4n) is 3.17. The lowest BCUT2D eigenvalue weighted by Gasteiger charge is -2.35. The summed E-state index contributed by atoms with van der Waals surface area (Å²) in [7, 11) is 0. The van der Waals surface area contributed by atoms with E-state index in [1.807, 2.05) is 11.0 Å². The Hall–Kier alpha value is -2.80. The van der Waals surface area contributed by atoms with Gasteiger partial charge in [0, 0.05) is 49.9 Å². The van der Waals surface area contributed by atoms with Gasteiger partial charge in [-0.2, -0.15) is 0 Å². The van der Waals surface area contributed by atoms with Crippen LogP contribution >= 0.6 is 0 Å². The minimum absolute atomic E-state index is 0.0553. The molecule has 0 N–H and O–H groups in total. The number of anilines is 1. The molecule has 0 unspecified atom stereocenters. The van der Waals surface area contributed by atoms with E-state index in [1.165, 1.54) is 19.1 Å². The van der Waals surface area contributed by atoms with E-state index >= 15 is 0 Å². The Labute approximate surface area is 151 Å². The van der Waals surface area contributed by atoms with Crippen molar-refractivity contribution in [2.45, 2.75) is 13.5 Å². The van der Waals surface area contributed by atoms with Crippen LogP contribution in [-0.2, 0) is 6.54 Å². The van der Waals surface area contributed by atoms with Crippen molar-refractivity contribution in [2.75, 3.05) is 31.1 Å². The van der Waals surface area contributed by atoms with E-state index in [4.69, 9.17) is 0 Å². The van der Waals surface area contributed by atoms with Crippen LogP contribution in [0.2, 0.25) is 0 Å². The molecule has 0 bridgehead atoms. The minimum atomic E-state index is -0.451. The van der Waals surface area contributed by atoms with Crippen molar-refractivity contribution in [3.63, 3.8) is 0 Å². The van der Waals surface area contributed by atoms with Crippen molar-refractivity contribution in [1.29, 1.82) is 0 Å². The van der Waals surface area contributed by atoms with E-state index in [9.17, 15) is 19.3 Å². The normalized spacial score (nSPS) is 15.1. The Balaban J connectivity index is 1.71. The van der Waals surface area contributed by atoms with E-state index in [1.54, 1.807) is 24.3 Å². The highest BCUT2D eigenvalue weighted by molar-refractivity contribution is 5.95. The van der Waals surface area contributed by atoms with Crippen LogP contribution in [0.5, 0.6) is 0 Å². The standard InChI is InChI=1S/C19H20FN3O3/c1-14(24)15-6-7-18(19(12-15)23(25)26)22-10-8-21(9-11-22)13-16-4-2-3-5-17(16)20/h2-7,12H,8-11,13H2,1H3. The molecule has 3 rings (SSSR count). The number of hydrogen-bond donors (Lipinski definition) is 0. The van der Waals surface area contributed by atoms with E-state index in [0.717, 1.165) is 0 Å². The van der Waals surface area contributed by atoms with Crippen molar-refractivity contribution < 1.29 is 14.1 Å². The number of Topliss-reactive ketones (excluding diaryl/α,β-unsaturated/α-hetero) is 1. The molecule has 2 aromatic rings. The fourth-order valence-corrected chi connectivity index (χ4v) is 3.17. The first-order chi connectivity index (χ1) is 12.5. The summed E-state index contributed by atoms with van der Waals surface area (Å²) >= 11 is 0. The third kappa shape index (κ3) is 3.88. The summed E-state index contributed by atoms with van der Waals surface area (Å²) < 4.78 is 13.8. The maximum atomic E-state index is 13.8. The first-order valence-corrected chi connectivity index (χ1v) is 8.46. The molecule has 7 heteroatoms. The Kier molecular flexibility index (Phi) is 5.27. The van der Waals surface area contributed by atoms with Crippen LogP contribution in [0.3, 0.4) is 0 Å². The number of nitro groups is 1. The summed E-state index contributed by atoms with van der Waals surface area (Å²) in [5.74, 6) is -0.417. The smallest absolute Gasteiger partial charge is 0.293 e. The van der Waals surface area contributed by atoms with Crippen molar-refractivity contribution in [3.05, 3.63) is 69.5 Å². The van der Waals surface area contributed by atoms with Crippen LogP contribution in [0.15, 0.2) is 42.5 Å². The van der Waals surface area contributed by atoms with Gasteiger partial charge in [0.1, 0.15) is 11.5 Å². The molecule has 0 atom stereocenters. The second kappa shape index (κ2) is 7.61. The van der Waals surface area contributed by atoms with Gasteiger partial charge in [0.2, 0.25) is 0 Å². The van der Waals surface area contributed by atoms with Crippen LogP contribution in [0, 0.1) is 15.9 Å². The van der Waals surface area contributed by atoms with Crippen molar-refractivity contribution >= 4 is 17.2 Å². The quantitative estimate of drug-likeness (QED) is 0.467. The molecule has 2 aromatic carbocycles. The van der Waals surface area contributed by atoms with Gasteiger partial charge in [-0.3, -0.25) is 19.8 Å². The third-order valence-corrected chi connectivity index (χ3v) is 4.64. The zero-order chi connectivity index (χ0) is 18.7. The van der Waals surface area contributed by atoms with Gasteiger partial charge in [-0.1, -0.05) is 18.2 Å². The Bertz CT molecular complexity index is 833. The van der Waals surface area contributed by atoms with Crippen molar-refractivity contribution in [2.24, 2.45) is 0 Å². The zero-order valence-electron chi connectivity index (χ0n) is 14.5. The summed E-state index contributed by atoms with van der Waals surface area (Å²) in [6, 6.07) is 11.3. The first-order valence-electron chi connectivity index (χ1n) is 8.46. The van der Waals surface area contributed by atoms with Gasteiger partial charge in [0.15, 0.2) is 5.78 Å². The molecule has 1 aliphatic heterocycles. The van der Waals surface area contributed by atoms with Crippen LogP contribution in [-0.4, -0.2) is 41.8 Å². The molecule has 1 heterocycles. The number of halogens is 1. The molecule has 0 spiro atoms. The summed E-state index contributed by atoms with van der Waals surface area (Å²) in [6.07, 6.45) is 0. The Morgan fingerprint density at radius 2 is 1.85 bits per heavy atom. The van der Waals surface area contributed by atoms with Crippen molar-refractivity contribution in [1.82, 2.24) is 4.90 Å². The van der Waals surface area contributed by atoms with E-state index < -0.39 is 4.92 Å². The number of carbonyl (C=O) groups is 1. The highest BCUT2D eigenvalue weighted by Gasteiger charge is 2.25. The topological polar surface area (TPSA) is 66.7 Å². The molecule has 1 saturated heterocycles. The van der Waals surface area contributed by atoms with E-state index in [0.29, 0.717) is 49.5 Å². The minimum Gasteiger partial charge on any atom is -0.363 e. The third-order valence-electron chi connectivity index (χ3n) is 4.64. The summed E-state index contributed by atoms with van der Waals surface area (Å²) in [5.41, 5.74) is 1.45. The molecule has 1 aliphatic rings. The molecule has 26 heavy (non-hydrogen) atoms. The van der Waals surface area contributed by atoms with Crippen LogP contribution in [0.25, 0.3) is 0 Å². The van der Waals surface area contributed by atoms with Gasteiger partial charge in [0.05, 0.1) is 4.92 Å². The number of hydrogen-bond acceptors (Lipinski definition) is 5. The van der Waals surface area contributed by atoms with Crippen LogP contribution in [0.1, 0.15) is 22.8 Å². The van der Waals surface area contributed by atoms with Gasteiger partial charge in [-0.05, 0) is 25.1 Å².